The number of esters is 1. The lowest BCUT2D eigenvalue weighted by atomic mass is 9.80. The summed E-state index contributed by atoms with van der Waals surface area (Å²) < 4.78 is 5.46. The van der Waals surface area contributed by atoms with Gasteiger partial charge in [-0.15, -0.1) is 0 Å². The molecule has 2 aliphatic heterocycles. The van der Waals surface area contributed by atoms with Crippen LogP contribution in [0.1, 0.15) is 62.4 Å². The molecule has 1 N–H and O–H groups in total. The van der Waals surface area contributed by atoms with E-state index in [4.69, 9.17) is 4.74 Å². The van der Waals surface area contributed by atoms with Gasteiger partial charge in [0.2, 0.25) is 0 Å². The predicted molar refractivity (Wildman–Crippen MR) is 117 cm³/mol. The minimum Gasteiger partial charge on any atom is -0.456 e. The SMILES string of the molecule is CN1C2CCC1(c1ccccc1)CC(Nc1ccc(C(=O)OC(C)(C)C)cc1)C2. The lowest BCUT2D eigenvalue weighted by molar-refractivity contribution is 0.00696. The molecule has 0 radical (unpaired) electrons. The summed E-state index contributed by atoms with van der Waals surface area (Å²) in [5.74, 6) is -0.274. The zero-order valence-electron chi connectivity index (χ0n) is 17.9. The van der Waals surface area contributed by atoms with Crippen LogP contribution < -0.4 is 5.32 Å². The summed E-state index contributed by atoms with van der Waals surface area (Å²) in [6, 6.07) is 19.7. The smallest absolute Gasteiger partial charge is 0.338 e. The van der Waals surface area contributed by atoms with E-state index in [1.807, 2.05) is 45.0 Å². The standard InChI is InChI=1S/C25H32N2O2/c1-24(2,3)29-23(28)18-10-12-20(13-11-18)26-21-16-22-14-15-25(17-21,27(22)4)19-8-6-5-7-9-19/h5-13,21-22,26H,14-17H2,1-4H3. The van der Waals surface area contributed by atoms with E-state index in [0.29, 0.717) is 17.6 Å². The maximum Gasteiger partial charge on any atom is 0.338 e. The third-order valence-electron chi connectivity index (χ3n) is 6.46. The van der Waals surface area contributed by atoms with Gasteiger partial charge in [-0.3, -0.25) is 4.90 Å². The normalized spacial score (nSPS) is 26.9. The Balaban J connectivity index is 1.47. The van der Waals surface area contributed by atoms with Crippen LogP contribution in [0.3, 0.4) is 0 Å². The highest BCUT2D eigenvalue weighted by Crippen LogP contribution is 2.50. The lowest BCUT2D eigenvalue weighted by Gasteiger charge is -2.46. The molecule has 4 heteroatoms. The number of carbonyl (C=O) groups is 1. The quantitative estimate of drug-likeness (QED) is 0.726. The number of carbonyl (C=O) groups excluding carboxylic acids is 1. The van der Waals surface area contributed by atoms with Crippen LogP contribution in [-0.2, 0) is 10.3 Å². The number of nitrogens with zero attached hydrogens (tertiary/aromatic N) is 1. The molecule has 3 atom stereocenters. The predicted octanol–water partition coefficient (Wildman–Crippen LogP) is 5.21. The summed E-state index contributed by atoms with van der Waals surface area (Å²) in [5.41, 5.74) is 2.73. The highest BCUT2D eigenvalue weighted by Gasteiger charge is 2.50. The summed E-state index contributed by atoms with van der Waals surface area (Å²) in [6.45, 7) is 5.66. The van der Waals surface area contributed by atoms with Crippen molar-refractivity contribution in [3.05, 3.63) is 65.7 Å². The van der Waals surface area contributed by atoms with Gasteiger partial charge in [0.05, 0.1) is 5.56 Å². The van der Waals surface area contributed by atoms with Gasteiger partial charge in [-0.1, -0.05) is 30.3 Å². The summed E-state index contributed by atoms with van der Waals surface area (Å²) in [6.07, 6.45) is 4.71. The molecular formula is C25H32N2O2. The second-order valence-corrected chi connectivity index (χ2v) is 9.56. The molecule has 2 heterocycles. The monoisotopic (exact) mass is 392 g/mol. The third kappa shape index (κ3) is 4.04. The van der Waals surface area contributed by atoms with E-state index in [1.165, 1.54) is 18.4 Å². The first kappa shape index (κ1) is 20.0. The zero-order chi connectivity index (χ0) is 20.6. The number of piperidine rings is 1. The van der Waals surface area contributed by atoms with Gasteiger partial charge in [0.15, 0.2) is 0 Å². The number of hydrogen-bond donors (Lipinski definition) is 1. The second-order valence-electron chi connectivity index (χ2n) is 9.56. The van der Waals surface area contributed by atoms with Gasteiger partial charge in [0.1, 0.15) is 5.60 Å². The molecule has 2 saturated heterocycles. The number of fused-ring (bicyclic) bond motifs is 2. The van der Waals surface area contributed by atoms with Crippen molar-refractivity contribution in [3.63, 3.8) is 0 Å². The van der Waals surface area contributed by atoms with E-state index < -0.39 is 5.60 Å². The van der Waals surface area contributed by atoms with Crippen LogP contribution in [0.25, 0.3) is 0 Å². The van der Waals surface area contributed by atoms with Crippen LogP contribution in [0.2, 0.25) is 0 Å². The molecule has 154 valence electrons. The Bertz CT molecular complexity index is 857. The fraction of sp³-hybridized carbons (Fsp3) is 0.480. The van der Waals surface area contributed by atoms with Gasteiger partial charge in [0, 0.05) is 23.3 Å². The van der Waals surface area contributed by atoms with Crippen LogP contribution >= 0.6 is 0 Å². The fourth-order valence-corrected chi connectivity index (χ4v) is 5.07. The second kappa shape index (κ2) is 7.49. The van der Waals surface area contributed by atoms with Gasteiger partial charge in [-0.25, -0.2) is 4.79 Å². The molecule has 0 amide bonds. The van der Waals surface area contributed by atoms with Crippen LogP contribution in [0.15, 0.2) is 54.6 Å². The highest BCUT2D eigenvalue weighted by atomic mass is 16.6. The number of ether oxygens (including phenoxy) is 1. The van der Waals surface area contributed by atoms with Crippen molar-refractivity contribution >= 4 is 11.7 Å². The van der Waals surface area contributed by atoms with Gasteiger partial charge in [0.25, 0.3) is 0 Å². The summed E-state index contributed by atoms with van der Waals surface area (Å²) in [4.78, 5) is 14.8. The average Bonchev–Trinajstić information content (AvgIpc) is 2.87. The van der Waals surface area contributed by atoms with Crippen molar-refractivity contribution in [2.24, 2.45) is 0 Å². The minimum absolute atomic E-state index is 0.123. The Morgan fingerprint density at radius 3 is 2.45 bits per heavy atom. The molecule has 0 spiro atoms. The molecular weight excluding hydrogens is 360 g/mol. The highest BCUT2D eigenvalue weighted by molar-refractivity contribution is 5.90. The maximum atomic E-state index is 12.2. The van der Waals surface area contributed by atoms with E-state index in [2.05, 4.69) is 47.6 Å². The number of rotatable bonds is 4. The molecule has 2 bridgehead atoms. The molecule has 4 rings (SSSR count). The first-order valence-corrected chi connectivity index (χ1v) is 10.7. The molecule has 2 fully saturated rings. The third-order valence-corrected chi connectivity index (χ3v) is 6.46. The lowest BCUT2D eigenvalue weighted by Crippen LogP contribution is -2.51. The van der Waals surface area contributed by atoms with Crippen molar-refractivity contribution < 1.29 is 9.53 Å². The Morgan fingerprint density at radius 1 is 1.10 bits per heavy atom. The molecule has 2 aromatic carbocycles. The molecule has 0 saturated carbocycles. The number of benzene rings is 2. The molecule has 4 nitrogen and oxygen atoms in total. The Morgan fingerprint density at radius 2 is 1.79 bits per heavy atom. The molecule has 0 aromatic heterocycles. The van der Waals surface area contributed by atoms with Crippen molar-refractivity contribution in [1.29, 1.82) is 0 Å². The van der Waals surface area contributed by atoms with Gasteiger partial charge in [-0.2, -0.15) is 0 Å². The topological polar surface area (TPSA) is 41.6 Å². The molecule has 3 unspecified atom stereocenters. The number of hydrogen-bond acceptors (Lipinski definition) is 4. The summed E-state index contributed by atoms with van der Waals surface area (Å²) in [5, 5.41) is 3.73. The largest absolute Gasteiger partial charge is 0.456 e. The average molecular weight is 393 g/mol. The molecule has 2 aliphatic rings. The van der Waals surface area contributed by atoms with E-state index in [0.717, 1.165) is 18.5 Å². The van der Waals surface area contributed by atoms with Crippen molar-refractivity contribution in [2.45, 2.75) is 69.7 Å². The summed E-state index contributed by atoms with van der Waals surface area (Å²) >= 11 is 0. The Labute approximate surface area is 174 Å². The van der Waals surface area contributed by atoms with E-state index in [1.54, 1.807) is 0 Å². The Hall–Kier alpha value is -2.33. The Kier molecular flexibility index (Phi) is 5.16. The zero-order valence-corrected chi connectivity index (χ0v) is 17.9. The van der Waals surface area contributed by atoms with Crippen LogP contribution in [0, 0.1) is 0 Å². The van der Waals surface area contributed by atoms with E-state index in [-0.39, 0.29) is 11.5 Å². The van der Waals surface area contributed by atoms with Crippen molar-refractivity contribution in [2.75, 3.05) is 12.4 Å². The summed E-state index contributed by atoms with van der Waals surface area (Å²) in [7, 11) is 2.29. The van der Waals surface area contributed by atoms with Gasteiger partial charge < -0.3 is 10.1 Å². The molecule has 29 heavy (non-hydrogen) atoms. The van der Waals surface area contributed by atoms with E-state index >= 15 is 0 Å². The van der Waals surface area contributed by atoms with Crippen LogP contribution in [0.5, 0.6) is 0 Å². The minimum atomic E-state index is -0.479. The first-order chi connectivity index (χ1) is 13.8. The van der Waals surface area contributed by atoms with Crippen molar-refractivity contribution in [3.8, 4) is 0 Å². The maximum absolute atomic E-state index is 12.2. The molecule has 0 aliphatic carbocycles. The molecule has 2 aromatic rings. The number of nitrogens with one attached hydrogen (secondary N) is 1. The first-order valence-electron chi connectivity index (χ1n) is 10.7. The van der Waals surface area contributed by atoms with Gasteiger partial charge >= 0.3 is 5.97 Å². The fourth-order valence-electron chi connectivity index (χ4n) is 5.07. The van der Waals surface area contributed by atoms with Crippen molar-refractivity contribution in [1.82, 2.24) is 4.90 Å². The van der Waals surface area contributed by atoms with Crippen LogP contribution in [0.4, 0.5) is 5.69 Å². The van der Waals surface area contributed by atoms with Crippen LogP contribution in [-0.4, -0.2) is 35.6 Å². The number of anilines is 1. The van der Waals surface area contributed by atoms with Gasteiger partial charge in [-0.05, 0) is 83.3 Å². The van der Waals surface area contributed by atoms with E-state index in [9.17, 15) is 4.79 Å².